The molecule has 0 fully saturated rings. The maximum Gasteiger partial charge on any atom is 0.122 e. The minimum absolute atomic E-state index is 0.565. The summed E-state index contributed by atoms with van der Waals surface area (Å²) >= 11 is 8.93. The van der Waals surface area contributed by atoms with Crippen LogP contribution in [0.15, 0.2) is 42.5 Å². The Bertz CT molecular complexity index is 623. The summed E-state index contributed by atoms with van der Waals surface area (Å²) in [6.45, 7) is 0. The summed E-state index contributed by atoms with van der Waals surface area (Å²) in [4.78, 5) is 1.85. The van der Waals surface area contributed by atoms with Crippen LogP contribution >= 0.6 is 34.3 Å². The first-order valence-electron chi connectivity index (χ1n) is 5.16. The molecule has 17 heavy (non-hydrogen) atoms. The van der Waals surface area contributed by atoms with E-state index in [0.717, 1.165) is 9.75 Å². The van der Waals surface area contributed by atoms with Crippen LogP contribution in [0.2, 0.25) is 4.34 Å². The van der Waals surface area contributed by atoms with Crippen LogP contribution in [-0.4, -0.2) is 5.11 Å². The molecule has 0 bridgehead atoms. The predicted octanol–water partition coefficient (Wildman–Crippen LogP) is 4.70. The Morgan fingerprint density at radius 3 is 2.53 bits per heavy atom. The highest BCUT2D eigenvalue weighted by Crippen LogP contribution is 2.36. The van der Waals surface area contributed by atoms with Crippen molar-refractivity contribution in [1.82, 2.24) is 0 Å². The molecule has 0 aliphatic heterocycles. The summed E-state index contributed by atoms with van der Waals surface area (Å²) in [5.74, 6) is 0. The van der Waals surface area contributed by atoms with Crippen LogP contribution in [0.1, 0.15) is 15.9 Å². The van der Waals surface area contributed by atoms with Crippen molar-refractivity contribution in [3.05, 3.63) is 56.6 Å². The summed E-state index contributed by atoms with van der Waals surface area (Å²) in [5, 5.41) is 11.4. The summed E-state index contributed by atoms with van der Waals surface area (Å²) < 4.78 is 1.91. The zero-order valence-electron chi connectivity index (χ0n) is 8.76. The molecule has 0 spiro atoms. The van der Waals surface area contributed by atoms with Gasteiger partial charge in [0.1, 0.15) is 6.10 Å². The van der Waals surface area contributed by atoms with Gasteiger partial charge in [0.25, 0.3) is 0 Å². The number of hydrogen-bond acceptors (Lipinski definition) is 3. The maximum atomic E-state index is 10.3. The molecule has 0 aliphatic rings. The number of aliphatic hydroxyl groups excluding tert-OH is 1. The van der Waals surface area contributed by atoms with Crippen molar-refractivity contribution >= 4 is 44.4 Å². The third-order valence-electron chi connectivity index (χ3n) is 2.58. The average Bonchev–Trinajstić information content (AvgIpc) is 2.93. The number of fused-ring (bicyclic) bond motifs is 1. The van der Waals surface area contributed by atoms with Gasteiger partial charge in [-0.05, 0) is 29.7 Å². The predicted molar refractivity (Wildman–Crippen MR) is 75.2 cm³/mol. The first-order chi connectivity index (χ1) is 8.24. The molecule has 3 rings (SSSR count). The highest BCUT2D eigenvalue weighted by Gasteiger charge is 2.15. The molecule has 1 N–H and O–H groups in total. The van der Waals surface area contributed by atoms with E-state index in [1.165, 1.54) is 21.4 Å². The van der Waals surface area contributed by atoms with E-state index >= 15 is 0 Å². The zero-order chi connectivity index (χ0) is 11.8. The molecule has 4 heteroatoms. The second kappa shape index (κ2) is 4.42. The number of rotatable bonds is 2. The number of hydrogen-bond donors (Lipinski definition) is 1. The van der Waals surface area contributed by atoms with Crippen molar-refractivity contribution < 1.29 is 5.11 Å². The number of halogens is 1. The topological polar surface area (TPSA) is 20.2 Å². The molecule has 1 nitrogen and oxygen atoms in total. The molecular formula is C13H9ClOS2. The fourth-order valence-electron chi connectivity index (χ4n) is 1.75. The standard InChI is InChI=1S/C13H9ClOS2/c14-12-6-5-10(17-12)13(15)11-7-8-3-1-2-4-9(8)16-11/h1-7,13,15H. The lowest BCUT2D eigenvalue weighted by Crippen LogP contribution is -1.92. The van der Waals surface area contributed by atoms with Crippen LogP contribution in [0, 0.1) is 0 Å². The Kier molecular flexibility index (Phi) is 2.92. The van der Waals surface area contributed by atoms with E-state index in [1.54, 1.807) is 11.3 Å². The molecule has 3 aromatic rings. The molecule has 0 saturated heterocycles. The van der Waals surface area contributed by atoms with Gasteiger partial charge in [-0.2, -0.15) is 0 Å². The van der Waals surface area contributed by atoms with Gasteiger partial charge in [-0.25, -0.2) is 0 Å². The molecule has 1 aromatic carbocycles. The fraction of sp³-hybridized carbons (Fsp3) is 0.0769. The molecule has 0 radical (unpaired) electrons. The second-order valence-electron chi connectivity index (χ2n) is 3.73. The van der Waals surface area contributed by atoms with Crippen molar-refractivity contribution in [2.75, 3.05) is 0 Å². The van der Waals surface area contributed by atoms with Crippen molar-refractivity contribution in [3.8, 4) is 0 Å². The van der Waals surface area contributed by atoms with E-state index in [2.05, 4.69) is 12.1 Å². The zero-order valence-corrected chi connectivity index (χ0v) is 11.1. The molecule has 2 heterocycles. The number of benzene rings is 1. The molecule has 1 atom stereocenters. The minimum atomic E-state index is -0.565. The lowest BCUT2D eigenvalue weighted by molar-refractivity contribution is 0.228. The molecular weight excluding hydrogens is 272 g/mol. The summed E-state index contributed by atoms with van der Waals surface area (Å²) in [7, 11) is 0. The fourth-order valence-corrected chi connectivity index (χ4v) is 3.96. The lowest BCUT2D eigenvalue weighted by atomic mass is 10.2. The molecule has 1 unspecified atom stereocenters. The highest BCUT2D eigenvalue weighted by atomic mass is 35.5. The normalized spacial score (nSPS) is 13.1. The second-order valence-corrected chi connectivity index (χ2v) is 6.59. The first-order valence-corrected chi connectivity index (χ1v) is 7.17. The summed E-state index contributed by atoms with van der Waals surface area (Å²) in [5.41, 5.74) is 0. The van der Waals surface area contributed by atoms with Crippen LogP contribution in [0.4, 0.5) is 0 Å². The van der Waals surface area contributed by atoms with Gasteiger partial charge in [-0.1, -0.05) is 29.8 Å². The molecule has 0 amide bonds. The third kappa shape index (κ3) is 2.11. The van der Waals surface area contributed by atoms with Gasteiger partial charge in [0.05, 0.1) is 4.34 Å². The van der Waals surface area contributed by atoms with Crippen LogP contribution in [0.25, 0.3) is 10.1 Å². The van der Waals surface area contributed by atoms with Gasteiger partial charge in [-0.3, -0.25) is 0 Å². The maximum absolute atomic E-state index is 10.3. The van der Waals surface area contributed by atoms with E-state index in [1.807, 2.05) is 30.3 Å². The van der Waals surface area contributed by atoms with Gasteiger partial charge in [0.2, 0.25) is 0 Å². The SMILES string of the molecule is OC(c1ccc(Cl)s1)c1cc2ccccc2s1. The van der Waals surface area contributed by atoms with E-state index in [9.17, 15) is 5.11 Å². The van der Waals surface area contributed by atoms with Gasteiger partial charge in [0.15, 0.2) is 0 Å². The van der Waals surface area contributed by atoms with E-state index < -0.39 is 6.10 Å². The average molecular weight is 281 g/mol. The summed E-state index contributed by atoms with van der Waals surface area (Å²) in [6.07, 6.45) is -0.565. The first kappa shape index (κ1) is 11.2. The van der Waals surface area contributed by atoms with Crippen molar-refractivity contribution in [2.24, 2.45) is 0 Å². The molecule has 0 aliphatic carbocycles. The molecule has 0 saturated carbocycles. The minimum Gasteiger partial charge on any atom is -0.382 e. The quantitative estimate of drug-likeness (QED) is 0.721. The van der Waals surface area contributed by atoms with Crippen molar-refractivity contribution in [1.29, 1.82) is 0 Å². The highest BCUT2D eigenvalue weighted by molar-refractivity contribution is 7.19. The van der Waals surface area contributed by atoms with E-state index in [0.29, 0.717) is 4.34 Å². The van der Waals surface area contributed by atoms with Crippen molar-refractivity contribution in [2.45, 2.75) is 6.10 Å². The van der Waals surface area contributed by atoms with Gasteiger partial charge < -0.3 is 5.11 Å². The van der Waals surface area contributed by atoms with Gasteiger partial charge in [-0.15, -0.1) is 22.7 Å². The van der Waals surface area contributed by atoms with Crippen LogP contribution in [0.5, 0.6) is 0 Å². The molecule has 86 valence electrons. The van der Waals surface area contributed by atoms with E-state index in [-0.39, 0.29) is 0 Å². The smallest absolute Gasteiger partial charge is 0.122 e. The number of aliphatic hydroxyl groups is 1. The Hall–Kier alpha value is -0.870. The largest absolute Gasteiger partial charge is 0.382 e. The van der Waals surface area contributed by atoms with Gasteiger partial charge in [0, 0.05) is 14.5 Å². The summed E-state index contributed by atoms with van der Waals surface area (Å²) in [6, 6.07) is 13.9. The Morgan fingerprint density at radius 2 is 1.82 bits per heavy atom. The van der Waals surface area contributed by atoms with Crippen LogP contribution < -0.4 is 0 Å². The van der Waals surface area contributed by atoms with E-state index in [4.69, 9.17) is 11.6 Å². The van der Waals surface area contributed by atoms with Gasteiger partial charge >= 0.3 is 0 Å². The molecule has 2 aromatic heterocycles. The number of thiophene rings is 2. The van der Waals surface area contributed by atoms with Crippen LogP contribution in [-0.2, 0) is 0 Å². The Labute approximate surface area is 112 Å². The Balaban J connectivity index is 2.03. The van der Waals surface area contributed by atoms with Crippen molar-refractivity contribution in [3.63, 3.8) is 0 Å². The van der Waals surface area contributed by atoms with Crippen LogP contribution in [0.3, 0.4) is 0 Å². The Morgan fingerprint density at radius 1 is 1.00 bits per heavy atom. The third-order valence-corrected chi connectivity index (χ3v) is 5.03. The lowest BCUT2D eigenvalue weighted by Gasteiger charge is -2.04. The monoisotopic (exact) mass is 280 g/mol.